The Morgan fingerprint density at radius 3 is 2.76 bits per heavy atom. The largest absolute Gasteiger partial charge is 0.232 e. The minimum Gasteiger partial charge on any atom is -0.232 e. The van der Waals surface area contributed by atoms with Gasteiger partial charge in [-0.1, -0.05) is 32.4 Å². The Kier molecular flexibility index (Phi) is 3.73. The first-order valence-electron chi connectivity index (χ1n) is 5.68. The lowest BCUT2D eigenvalue weighted by atomic mass is 9.96. The zero-order valence-corrected chi connectivity index (χ0v) is 12.5. The number of nitrogens with zero attached hydrogens (tertiary/aromatic N) is 3. The monoisotopic (exact) mass is 315 g/mol. The predicted octanol–water partition coefficient (Wildman–Crippen LogP) is 4.29. The molecule has 2 aromatic rings. The van der Waals surface area contributed by atoms with Gasteiger partial charge in [0.25, 0.3) is 0 Å². The second-order valence-corrected chi connectivity index (χ2v) is 6.00. The Labute approximate surface area is 114 Å². The van der Waals surface area contributed by atoms with Crippen LogP contribution in [-0.4, -0.2) is 14.6 Å². The lowest BCUT2D eigenvalue weighted by molar-refractivity contribution is 0.516. The lowest BCUT2D eigenvalue weighted by Gasteiger charge is -2.14. The third kappa shape index (κ3) is 2.63. The summed E-state index contributed by atoms with van der Waals surface area (Å²) in [7, 11) is 0. The van der Waals surface area contributed by atoms with Gasteiger partial charge in [0.05, 0.1) is 10.7 Å². The minimum atomic E-state index is 0.402. The predicted molar refractivity (Wildman–Crippen MR) is 73.6 cm³/mol. The molecule has 0 aromatic carbocycles. The molecule has 0 radical (unpaired) electrons. The van der Waals surface area contributed by atoms with Gasteiger partial charge in [0.1, 0.15) is 5.15 Å². The van der Waals surface area contributed by atoms with E-state index in [0.717, 1.165) is 22.2 Å². The first-order chi connectivity index (χ1) is 7.99. The first-order valence-corrected chi connectivity index (χ1v) is 6.85. The molecule has 1 atom stereocenters. The molecule has 0 aliphatic rings. The van der Waals surface area contributed by atoms with Gasteiger partial charge in [-0.2, -0.15) is 5.10 Å². The van der Waals surface area contributed by atoms with Gasteiger partial charge in [-0.25, -0.2) is 9.50 Å². The van der Waals surface area contributed by atoms with Crippen molar-refractivity contribution >= 4 is 33.2 Å². The third-order valence-corrected chi connectivity index (χ3v) is 3.56. The van der Waals surface area contributed by atoms with Crippen molar-refractivity contribution in [3.63, 3.8) is 0 Å². The van der Waals surface area contributed by atoms with Crippen LogP contribution in [0, 0.1) is 5.92 Å². The van der Waals surface area contributed by atoms with Crippen LogP contribution in [-0.2, 0) is 0 Å². The van der Waals surface area contributed by atoms with Crippen molar-refractivity contribution in [2.24, 2.45) is 5.92 Å². The Bertz CT molecular complexity index is 536. The highest BCUT2D eigenvalue weighted by molar-refractivity contribution is 9.10. The van der Waals surface area contributed by atoms with Gasteiger partial charge >= 0.3 is 0 Å². The van der Waals surface area contributed by atoms with Gasteiger partial charge in [-0.05, 0) is 40.3 Å². The quantitative estimate of drug-likeness (QED) is 0.791. The Morgan fingerprint density at radius 1 is 1.41 bits per heavy atom. The molecule has 0 N–H and O–H groups in total. The van der Waals surface area contributed by atoms with E-state index in [1.807, 2.05) is 6.07 Å². The van der Waals surface area contributed by atoms with E-state index in [4.69, 9.17) is 11.6 Å². The Balaban J connectivity index is 2.45. The zero-order chi connectivity index (χ0) is 12.6. The van der Waals surface area contributed by atoms with Gasteiger partial charge in [-0.3, -0.25) is 0 Å². The number of halogens is 2. The molecule has 0 amide bonds. The zero-order valence-electron chi connectivity index (χ0n) is 10.1. The van der Waals surface area contributed by atoms with Crippen molar-refractivity contribution in [3.05, 3.63) is 27.6 Å². The summed E-state index contributed by atoms with van der Waals surface area (Å²) in [6.45, 7) is 6.61. The van der Waals surface area contributed by atoms with Crippen molar-refractivity contribution in [2.45, 2.75) is 33.1 Å². The molecule has 17 heavy (non-hydrogen) atoms. The highest BCUT2D eigenvalue weighted by Gasteiger charge is 2.14. The number of rotatable bonds is 3. The van der Waals surface area contributed by atoms with E-state index in [0.29, 0.717) is 17.0 Å². The normalized spacial score (nSPS) is 13.5. The van der Waals surface area contributed by atoms with E-state index in [2.05, 4.69) is 46.8 Å². The molecule has 2 heterocycles. The van der Waals surface area contributed by atoms with Crippen LogP contribution >= 0.6 is 27.5 Å². The third-order valence-electron chi connectivity index (χ3n) is 2.73. The van der Waals surface area contributed by atoms with Gasteiger partial charge in [0.15, 0.2) is 5.65 Å². The highest BCUT2D eigenvalue weighted by atomic mass is 79.9. The summed E-state index contributed by atoms with van der Waals surface area (Å²) in [5, 5.41) is 4.76. The fourth-order valence-corrected chi connectivity index (χ4v) is 2.58. The van der Waals surface area contributed by atoms with Crippen LogP contribution < -0.4 is 0 Å². The molecule has 0 aliphatic carbocycles. The second kappa shape index (κ2) is 4.94. The van der Waals surface area contributed by atoms with Crippen LogP contribution in [0.5, 0.6) is 0 Å². The molecule has 5 heteroatoms. The molecule has 0 saturated carbocycles. The maximum absolute atomic E-state index is 6.20. The summed E-state index contributed by atoms with van der Waals surface area (Å²) in [6.07, 6.45) is 2.82. The SMILES string of the molecule is CC(C)CC(C)c1cc(Cl)n2ncc(Br)c2n1. The molecule has 92 valence electrons. The average molecular weight is 317 g/mol. The van der Waals surface area contributed by atoms with E-state index in [9.17, 15) is 0 Å². The molecule has 0 bridgehead atoms. The van der Waals surface area contributed by atoms with Gasteiger partial charge < -0.3 is 0 Å². The summed E-state index contributed by atoms with van der Waals surface area (Å²) >= 11 is 9.63. The second-order valence-electron chi connectivity index (χ2n) is 4.76. The fourth-order valence-electron chi connectivity index (χ4n) is 2.00. The van der Waals surface area contributed by atoms with Crippen molar-refractivity contribution in [1.82, 2.24) is 14.6 Å². The molecule has 0 fully saturated rings. The summed E-state index contributed by atoms with van der Waals surface area (Å²) < 4.78 is 2.51. The molecule has 2 aromatic heterocycles. The minimum absolute atomic E-state index is 0.402. The number of fused-ring (bicyclic) bond motifs is 1. The topological polar surface area (TPSA) is 30.2 Å². The lowest BCUT2D eigenvalue weighted by Crippen LogP contribution is -2.04. The van der Waals surface area contributed by atoms with Gasteiger partial charge in [-0.15, -0.1) is 0 Å². The Hall–Kier alpha value is -0.610. The van der Waals surface area contributed by atoms with E-state index in [1.54, 1.807) is 10.7 Å². The Morgan fingerprint density at radius 2 is 2.12 bits per heavy atom. The van der Waals surface area contributed by atoms with Crippen LogP contribution in [0.3, 0.4) is 0 Å². The van der Waals surface area contributed by atoms with E-state index in [1.165, 1.54) is 0 Å². The van der Waals surface area contributed by atoms with Crippen molar-refractivity contribution in [1.29, 1.82) is 0 Å². The van der Waals surface area contributed by atoms with E-state index < -0.39 is 0 Å². The van der Waals surface area contributed by atoms with Crippen LogP contribution in [0.4, 0.5) is 0 Å². The number of aromatic nitrogens is 3. The van der Waals surface area contributed by atoms with Crippen molar-refractivity contribution in [3.8, 4) is 0 Å². The maximum Gasteiger partial charge on any atom is 0.171 e. The highest BCUT2D eigenvalue weighted by Crippen LogP contribution is 2.26. The molecule has 3 nitrogen and oxygen atoms in total. The van der Waals surface area contributed by atoms with Crippen molar-refractivity contribution in [2.75, 3.05) is 0 Å². The molecular weight excluding hydrogens is 302 g/mol. The molecule has 0 saturated heterocycles. The summed E-state index contributed by atoms with van der Waals surface area (Å²) in [4.78, 5) is 4.62. The molecular formula is C12H15BrClN3. The summed E-state index contributed by atoms with van der Waals surface area (Å²) in [5.41, 5.74) is 1.81. The van der Waals surface area contributed by atoms with Crippen LogP contribution in [0.1, 0.15) is 38.8 Å². The summed E-state index contributed by atoms with van der Waals surface area (Å²) in [6, 6.07) is 1.90. The molecule has 1 unspecified atom stereocenters. The smallest absolute Gasteiger partial charge is 0.171 e. The van der Waals surface area contributed by atoms with Gasteiger partial charge in [0, 0.05) is 5.69 Å². The standard InChI is InChI=1S/C12H15BrClN3/c1-7(2)4-8(3)10-5-11(14)17-12(16-10)9(13)6-15-17/h5-8H,4H2,1-3H3. The number of hydrogen-bond acceptors (Lipinski definition) is 2. The average Bonchev–Trinajstić information content (AvgIpc) is 2.60. The van der Waals surface area contributed by atoms with Gasteiger partial charge in [0.2, 0.25) is 0 Å². The number of hydrogen-bond donors (Lipinski definition) is 0. The van der Waals surface area contributed by atoms with Crippen LogP contribution in [0.25, 0.3) is 5.65 Å². The first kappa shape index (κ1) is 12.8. The summed E-state index contributed by atoms with van der Waals surface area (Å²) in [5.74, 6) is 1.05. The molecule has 0 aliphatic heterocycles. The fraction of sp³-hybridized carbons (Fsp3) is 0.500. The van der Waals surface area contributed by atoms with Crippen LogP contribution in [0.2, 0.25) is 5.15 Å². The van der Waals surface area contributed by atoms with Crippen LogP contribution in [0.15, 0.2) is 16.7 Å². The van der Waals surface area contributed by atoms with E-state index in [-0.39, 0.29) is 0 Å². The maximum atomic E-state index is 6.20. The van der Waals surface area contributed by atoms with Crippen molar-refractivity contribution < 1.29 is 0 Å². The van der Waals surface area contributed by atoms with E-state index >= 15 is 0 Å². The molecule has 0 spiro atoms. The molecule has 2 rings (SSSR count).